The number of hydrogen-bond acceptors (Lipinski definition) is 5. The molecule has 0 radical (unpaired) electrons. The van der Waals surface area contributed by atoms with Gasteiger partial charge in [-0.05, 0) is 48.4 Å². The lowest BCUT2D eigenvalue weighted by atomic mass is 9.53. The first-order valence-electron chi connectivity index (χ1n) is 11.9. The molecule has 0 spiro atoms. The monoisotopic (exact) mass is 534 g/mol. The van der Waals surface area contributed by atoms with Crippen molar-refractivity contribution in [3.05, 3.63) is 88.0 Å². The van der Waals surface area contributed by atoms with Crippen molar-refractivity contribution in [2.45, 2.75) is 31.7 Å². The van der Waals surface area contributed by atoms with E-state index in [0.717, 1.165) is 46.0 Å². The van der Waals surface area contributed by atoms with E-state index >= 15 is 0 Å². The van der Waals surface area contributed by atoms with Crippen LogP contribution in [0.3, 0.4) is 0 Å². The Morgan fingerprint density at radius 1 is 1.06 bits per heavy atom. The van der Waals surface area contributed by atoms with Gasteiger partial charge in [-0.25, -0.2) is 0 Å². The van der Waals surface area contributed by atoms with Crippen molar-refractivity contribution in [2.24, 2.45) is 17.3 Å². The van der Waals surface area contributed by atoms with Gasteiger partial charge in [-0.2, -0.15) is 20.9 Å². The molecule has 5 rings (SSSR count). The van der Waals surface area contributed by atoms with Crippen LogP contribution in [0, 0.1) is 56.7 Å². The van der Waals surface area contributed by atoms with Gasteiger partial charge in [0, 0.05) is 27.7 Å². The molecule has 6 nitrogen and oxygen atoms in total. The van der Waals surface area contributed by atoms with Gasteiger partial charge in [0.2, 0.25) is 0 Å². The van der Waals surface area contributed by atoms with Gasteiger partial charge in [0.1, 0.15) is 5.92 Å². The van der Waals surface area contributed by atoms with Crippen LogP contribution in [0.25, 0.3) is 11.3 Å². The Hall–Kier alpha value is -3.99. The minimum Gasteiger partial charge on any atom is -0.305 e. The van der Waals surface area contributed by atoms with E-state index in [1.807, 2.05) is 65.5 Å². The Kier molecular flexibility index (Phi) is 6.31. The molecular weight excluding hydrogens is 512 g/mol. The van der Waals surface area contributed by atoms with Crippen LogP contribution in [0.15, 0.2) is 76.9 Å². The van der Waals surface area contributed by atoms with Gasteiger partial charge in [0.05, 0.1) is 36.2 Å². The maximum atomic E-state index is 10.4. The summed E-state index contributed by atoms with van der Waals surface area (Å²) in [7, 11) is 0. The standard InChI is InChI=1S/C29H23BrN6/c30-21-12-10-19(11-13-21)15-36-16-25(27(35-36)20-6-2-1-3-7-20)26-23-9-5-4-8-22(23)24(14-31)28(34)29(26,17-32)18-33/h1-3,6-8,10-13,16,23-24,26,34H,4-5,9,15H2. The molecule has 3 aromatic rings. The number of allylic oxidation sites excluding steroid dienone is 2. The molecule has 1 heterocycles. The largest absolute Gasteiger partial charge is 0.305 e. The first kappa shape index (κ1) is 23.7. The second-order valence-corrected chi connectivity index (χ2v) is 10.3. The van der Waals surface area contributed by atoms with Crippen molar-refractivity contribution >= 4 is 21.6 Å². The van der Waals surface area contributed by atoms with Crippen LogP contribution in [0.1, 0.15) is 36.3 Å². The van der Waals surface area contributed by atoms with E-state index < -0.39 is 17.3 Å². The van der Waals surface area contributed by atoms with Gasteiger partial charge in [-0.3, -0.25) is 4.68 Å². The molecule has 7 heteroatoms. The molecule has 0 aliphatic heterocycles. The van der Waals surface area contributed by atoms with Crippen LogP contribution in [0.2, 0.25) is 0 Å². The highest BCUT2D eigenvalue weighted by Gasteiger charge is 2.58. The number of halogens is 1. The van der Waals surface area contributed by atoms with Gasteiger partial charge in [-0.1, -0.05) is 64.5 Å². The number of fused-ring (bicyclic) bond motifs is 1. The molecule has 0 amide bonds. The lowest BCUT2D eigenvalue weighted by Gasteiger charge is -2.45. The van der Waals surface area contributed by atoms with E-state index in [1.165, 1.54) is 0 Å². The molecule has 2 aliphatic carbocycles. The van der Waals surface area contributed by atoms with Crippen molar-refractivity contribution in [3.8, 4) is 29.5 Å². The average molecular weight is 535 g/mol. The van der Waals surface area contributed by atoms with E-state index in [1.54, 1.807) is 0 Å². The summed E-state index contributed by atoms with van der Waals surface area (Å²) in [6.45, 7) is 0.525. The van der Waals surface area contributed by atoms with E-state index in [0.29, 0.717) is 12.2 Å². The van der Waals surface area contributed by atoms with Gasteiger partial charge >= 0.3 is 0 Å². The SMILES string of the molecule is N#CC1C(=N)C(C#N)(C#N)C(c2cn(Cc3ccc(Br)cc3)nc2-c2ccccc2)C2CCCC=C12. The normalized spacial score (nSPS) is 22.4. The molecule has 0 bridgehead atoms. The molecule has 1 saturated carbocycles. The van der Waals surface area contributed by atoms with E-state index in [-0.39, 0.29) is 11.6 Å². The van der Waals surface area contributed by atoms with E-state index in [2.05, 4.69) is 40.2 Å². The lowest BCUT2D eigenvalue weighted by Crippen LogP contribution is -2.48. The highest BCUT2D eigenvalue weighted by molar-refractivity contribution is 9.10. The molecule has 3 unspecified atom stereocenters. The second-order valence-electron chi connectivity index (χ2n) is 9.35. The Morgan fingerprint density at radius 3 is 2.44 bits per heavy atom. The molecular formula is C29H23BrN6. The Morgan fingerprint density at radius 2 is 1.78 bits per heavy atom. The number of benzene rings is 2. The highest BCUT2D eigenvalue weighted by atomic mass is 79.9. The third kappa shape index (κ3) is 3.85. The Balaban J connectivity index is 1.72. The average Bonchev–Trinajstić information content (AvgIpc) is 3.33. The summed E-state index contributed by atoms with van der Waals surface area (Å²) in [4.78, 5) is 0. The minimum absolute atomic E-state index is 0.121. The fourth-order valence-corrected chi connectivity index (χ4v) is 5.96. The molecule has 0 saturated heterocycles. The van der Waals surface area contributed by atoms with Gasteiger partial charge in [-0.15, -0.1) is 0 Å². The maximum Gasteiger partial charge on any atom is 0.189 e. The highest BCUT2D eigenvalue weighted by Crippen LogP contribution is 2.56. The topological polar surface area (TPSA) is 113 Å². The zero-order chi connectivity index (χ0) is 25.3. The van der Waals surface area contributed by atoms with E-state index in [9.17, 15) is 15.8 Å². The van der Waals surface area contributed by atoms with Crippen LogP contribution >= 0.6 is 15.9 Å². The zero-order valence-corrected chi connectivity index (χ0v) is 21.1. The molecule has 1 aromatic heterocycles. The van der Waals surface area contributed by atoms with Crippen LogP contribution in [-0.4, -0.2) is 15.5 Å². The van der Waals surface area contributed by atoms with Crippen molar-refractivity contribution in [2.75, 3.05) is 0 Å². The van der Waals surface area contributed by atoms with Crippen LogP contribution in [-0.2, 0) is 6.54 Å². The Labute approximate surface area is 218 Å². The fourth-order valence-electron chi connectivity index (χ4n) is 5.70. The predicted molar refractivity (Wildman–Crippen MR) is 140 cm³/mol. The summed E-state index contributed by atoms with van der Waals surface area (Å²) in [5.74, 6) is -1.61. The lowest BCUT2D eigenvalue weighted by molar-refractivity contribution is 0.320. The zero-order valence-electron chi connectivity index (χ0n) is 19.5. The van der Waals surface area contributed by atoms with Gasteiger partial charge < -0.3 is 5.41 Å². The molecule has 176 valence electrons. The fraction of sp³-hybridized carbons (Fsp3) is 0.276. The summed E-state index contributed by atoms with van der Waals surface area (Å²) >= 11 is 3.47. The number of nitriles is 3. The number of nitrogens with zero attached hydrogens (tertiary/aromatic N) is 5. The third-order valence-corrected chi connectivity index (χ3v) is 7.88. The number of hydrogen-bond donors (Lipinski definition) is 1. The summed E-state index contributed by atoms with van der Waals surface area (Å²) in [5, 5.41) is 44.6. The summed E-state index contributed by atoms with van der Waals surface area (Å²) in [5.41, 5.74) is 2.46. The van der Waals surface area contributed by atoms with Gasteiger partial charge in [0.15, 0.2) is 5.41 Å². The van der Waals surface area contributed by atoms with Gasteiger partial charge in [0.25, 0.3) is 0 Å². The maximum absolute atomic E-state index is 10.4. The van der Waals surface area contributed by atoms with E-state index in [4.69, 9.17) is 10.5 Å². The van der Waals surface area contributed by atoms with Crippen LogP contribution < -0.4 is 0 Å². The number of nitrogens with one attached hydrogen (secondary N) is 1. The van der Waals surface area contributed by atoms with Crippen molar-refractivity contribution in [1.29, 1.82) is 21.2 Å². The third-order valence-electron chi connectivity index (χ3n) is 7.36. The van der Waals surface area contributed by atoms with Crippen molar-refractivity contribution in [1.82, 2.24) is 9.78 Å². The van der Waals surface area contributed by atoms with Crippen LogP contribution in [0.4, 0.5) is 0 Å². The molecule has 36 heavy (non-hydrogen) atoms. The molecule has 2 aromatic carbocycles. The summed E-state index contributed by atoms with van der Waals surface area (Å²) in [6.07, 6.45) is 6.50. The smallest absolute Gasteiger partial charge is 0.189 e. The first-order valence-corrected chi connectivity index (χ1v) is 12.7. The quantitative estimate of drug-likeness (QED) is 0.391. The molecule has 1 fully saturated rings. The van der Waals surface area contributed by atoms with Crippen molar-refractivity contribution < 1.29 is 0 Å². The molecule has 3 atom stereocenters. The second kappa shape index (κ2) is 9.57. The van der Waals surface area contributed by atoms with Crippen molar-refractivity contribution in [3.63, 3.8) is 0 Å². The first-order chi connectivity index (χ1) is 17.5. The number of rotatable bonds is 4. The summed E-state index contributed by atoms with van der Waals surface area (Å²) < 4.78 is 2.85. The molecule has 2 aliphatic rings. The predicted octanol–water partition coefficient (Wildman–Crippen LogP) is 6.38. The van der Waals surface area contributed by atoms with Crippen LogP contribution in [0.5, 0.6) is 0 Å². The molecule has 1 N–H and O–H groups in total. The minimum atomic E-state index is -1.74. The number of aromatic nitrogens is 2. The Bertz CT molecular complexity index is 1450. The summed E-state index contributed by atoms with van der Waals surface area (Å²) in [6, 6.07) is 24.4.